The number of pyridine rings is 1. The first kappa shape index (κ1) is 18.4. The highest BCUT2D eigenvalue weighted by Gasteiger charge is 2.34. The zero-order chi connectivity index (χ0) is 19.3. The molecular formula is C21H25N5O2. The van der Waals surface area contributed by atoms with Crippen LogP contribution in [0.15, 0.2) is 54.9 Å². The summed E-state index contributed by atoms with van der Waals surface area (Å²) in [5, 5.41) is 6.30. The summed E-state index contributed by atoms with van der Waals surface area (Å²) in [4.78, 5) is 33.4. The van der Waals surface area contributed by atoms with Crippen molar-refractivity contribution in [1.29, 1.82) is 0 Å². The van der Waals surface area contributed by atoms with Crippen molar-refractivity contribution in [3.63, 3.8) is 0 Å². The molecule has 2 aromatic rings. The summed E-state index contributed by atoms with van der Waals surface area (Å²) >= 11 is 0. The highest BCUT2D eigenvalue weighted by atomic mass is 16.2. The van der Waals surface area contributed by atoms with Crippen LogP contribution in [-0.2, 0) is 4.79 Å². The Kier molecular flexibility index (Phi) is 5.53. The smallest absolute Gasteiger partial charge is 0.251 e. The van der Waals surface area contributed by atoms with E-state index in [0.717, 1.165) is 18.8 Å². The molecule has 2 amide bonds. The van der Waals surface area contributed by atoms with Crippen LogP contribution in [0, 0.1) is 0 Å². The molecule has 0 spiro atoms. The summed E-state index contributed by atoms with van der Waals surface area (Å²) in [5.41, 5.74) is 1.79. The lowest BCUT2D eigenvalue weighted by atomic mass is 10.1. The van der Waals surface area contributed by atoms with Gasteiger partial charge >= 0.3 is 0 Å². The molecule has 0 bridgehead atoms. The molecule has 3 heterocycles. The van der Waals surface area contributed by atoms with Crippen LogP contribution in [0.5, 0.6) is 0 Å². The molecule has 2 aliphatic rings. The summed E-state index contributed by atoms with van der Waals surface area (Å²) < 4.78 is 0. The van der Waals surface area contributed by atoms with Crippen LogP contribution in [0.1, 0.15) is 16.8 Å². The third-order valence-corrected chi connectivity index (χ3v) is 5.42. The fourth-order valence-electron chi connectivity index (χ4n) is 3.85. The maximum absolute atomic E-state index is 12.9. The minimum atomic E-state index is -0.228. The Balaban J connectivity index is 1.26. The van der Waals surface area contributed by atoms with E-state index in [0.29, 0.717) is 31.6 Å². The van der Waals surface area contributed by atoms with Crippen molar-refractivity contribution < 1.29 is 9.59 Å². The lowest BCUT2D eigenvalue weighted by Crippen LogP contribution is -2.53. The highest BCUT2D eigenvalue weighted by Crippen LogP contribution is 2.17. The topological polar surface area (TPSA) is 77.6 Å². The third kappa shape index (κ3) is 4.14. The lowest BCUT2D eigenvalue weighted by molar-refractivity contribution is -0.133. The van der Waals surface area contributed by atoms with E-state index < -0.39 is 0 Å². The van der Waals surface area contributed by atoms with Crippen LogP contribution in [0.25, 0.3) is 0 Å². The van der Waals surface area contributed by atoms with Gasteiger partial charge in [0.25, 0.3) is 5.91 Å². The number of aromatic nitrogens is 1. The molecule has 0 unspecified atom stereocenters. The zero-order valence-electron chi connectivity index (χ0n) is 15.8. The minimum Gasteiger partial charge on any atom is -0.368 e. The van der Waals surface area contributed by atoms with Crippen LogP contribution in [-0.4, -0.2) is 66.5 Å². The Morgan fingerprint density at radius 3 is 2.43 bits per heavy atom. The van der Waals surface area contributed by atoms with Crippen LogP contribution in [0.2, 0.25) is 0 Å². The maximum atomic E-state index is 12.9. The van der Waals surface area contributed by atoms with Crippen molar-refractivity contribution in [2.24, 2.45) is 0 Å². The van der Waals surface area contributed by atoms with Gasteiger partial charge in [0.15, 0.2) is 0 Å². The van der Waals surface area contributed by atoms with Crippen molar-refractivity contribution in [1.82, 2.24) is 20.5 Å². The number of nitrogens with zero attached hydrogens (tertiary/aromatic N) is 3. The predicted molar refractivity (Wildman–Crippen MR) is 107 cm³/mol. The van der Waals surface area contributed by atoms with Gasteiger partial charge in [-0.1, -0.05) is 18.2 Å². The van der Waals surface area contributed by atoms with E-state index in [1.54, 1.807) is 24.5 Å². The van der Waals surface area contributed by atoms with Gasteiger partial charge in [-0.25, -0.2) is 0 Å². The van der Waals surface area contributed by atoms with E-state index in [-0.39, 0.29) is 23.9 Å². The van der Waals surface area contributed by atoms with E-state index in [4.69, 9.17) is 0 Å². The van der Waals surface area contributed by atoms with E-state index in [9.17, 15) is 9.59 Å². The molecule has 7 heteroatoms. The van der Waals surface area contributed by atoms with Gasteiger partial charge in [-0.3, -0.25) is 14.6 Å². The van der Waals surface area contributed by atoms with Gasteiger partial charge in [-0.15, -0.1) is 0 Å². The molecule has 1 aromatic heterocycles. The molecular weight excluding hydrogens is 354 g/mol. The van der Waals surface area contributed by atoms with Gasteiger partial charge < -0.3 is 20.4 Å². The van der Waals surface area contributed by atoms with Crippen molar-refractivity contribution in [2.75, 3.05) is 37.6 Å². The molecule has 0 saturated carbocycles. The summed E-state index contributed by atoms with van der Waals surface area (Å²) in [5.74, 6) is 0.0392. The van der Waals surface area contributed by atoms with Crippen LogP contribution < -0.4 is 15.5 Å². The first-order valence-corrected chi connectivity index (χ1v) is 9.74. The number of nitrogens with one attached hydrogen (secondary N) is 2. The number of carbonyl (C=O) groups is 2. The molecule has 1 aromatic carbocycles. The Morgan fingerprint density at radius 2 is 1.71 bits per heavy atom. The SMILES string of the molecule is O=C(N[C@H]1CN[C@H](C(=O)N2CCN(c3ccncc3)CC2)C1)c1ccccc1. The molecule has 28 heavy (non-hydrogen) atoms. The normalized spacial score (nSPS) is 22.1. The van der Waals surface area contributed by atoms with Crippen molar-refractivity contribution >= 4 is 17.5 Å². The maximum Gasteiger partial charge on any atom is 0.251 e. The number of anilines is 1. The second-order valence-corrected chi connectivity index (χ2v) is 7.25. The molecule has 0 radical (unpaired) electrons. The van der Waals surface area contributed by atoms with Crippen LogP contribution in [0.3, 0.4) is 0 Å². The molecule has 0 aliphatic carbocycles. The van der Waals surface area contributed by atoms with Gasteiger partial charge in [0, 0.05) is 62.4 Å². The summed E-state index contributed by atoms with van der Waals surface area (Å²) in [6.07, 6.45) is 4.21. The van der Waals surface area contributed by atoms with Gasteiger partial charge in [0.2, 0.25) is 5.91 Å². The van der Waals surface area contributed by atoms with E-state index in [1.807, 2.05) is 35.2 Å². The molecule has 2 fully saturated rings. The fourth-order valence-corrected chi connectivity index (χ4v) is 3.85. The Hall–Kier alpha value is -2.93. The number of benzene rings is 1. The number of carbonyl (C=O) groups excluding carboxylic acids is 2. The summed E-state index contributed by atoms with van der Waals surface area (Å²) in [7, 11) is 0. The minimum absolute atomic E-state index is 0.0280. The molecule has 2 aliphatic heterocycles. The van der Waals surface area contributed by atoms with Gasteiger partial charge in [0.05, 0.1) is 6.04 Å². The first-order valence-electron chi connectivity index (χ1n) is 9.74. The molecule has 2 atom stereocenters. The molecule has 7 nitrogen and oxygen atoms in total. The average molecular weight is 379 g/mol. The van der Waals surface area contributed by atoms with Crippen molar-refractivity contribution in [3.05, 3.63) is 60.4 Å². The predicted octanol–water partition coefficient (Wildman–Crippen LogP) is 0.891. The number of hydrogen-bond acceptors (Lipinski definition) is 5. The zero-order valence-corrected chi connectivity index (χ0v) is 15.8. The van der Waals surface area contributed by atoms with Gasteiger partial charge in [0.1, 0.15) is 0 Å². The standard InChI is InChI=1S/C21H25N5O2/c27-20(16-4-2-1-3-5-16)24-17-14-19(23-15-17)21(28)26-12-10-25(11-13-26)18-6-8-22-9-7-18/h1-9,17,19,23H,10-15H2,(H,24,27)/t17-,19+/m1/s1. The lowest BCUT2D eigenvalue weighted by Gasteiger charge is -2.37. The van der Waals surface area contributed by atoms with Crippen molar-refractivity contribution in [2.45, 2.75) is 18.5 Å². The summed E-state index contributed by atoms with van der Waals surface area (Å²) in [6, 6.07) is 12.9. The van der Waals surface area contributed by atoms with E-state index >= 15 is 0 Å². The van der Waals surface area contributed by atoms with E-state index in [2.05, 4.69) is 20.5 Å². The van der Waals surface area contributed by atoms with Gasteiger partial charge in [-0.2, -0.15) is 0 Å². The number of amides is 2. The third-order valence-electron chi connectivity index (χ3n) is 5.42. The van der Waals surface area contributed by atoms with Crippen LogP contribution in [0.4, 0.5) is 5.69 Å². The Morgan fingerprint density at radius 1 is 1.00 bits per heavy atom. The number of rotatable bonds is 4. The quantitative estimate of drug-likeness (QED) is 0.825. The second kappa shape index (κ2) is 8.39. The van der Waals surface area contributed by atoms with Crippen molar-refractivity contribution in [3.8, 4) is 0 Å². The van der Waals surface area contributed by atoms with Gasteiger partial charge in [-0.05, 0) is 30.7 Å². The largest absolute Gasteiger partial charge is 0.368 e. The molecule has 4 rings (SSSR count). The average Bonchev–Trinajstić information content (AvgIpc) is 3.23. The van der Waals surface area contributed by atoms with E-state index in [1.165, 1.54) is 0 Å². The number of hydrogen-bond donors (Lipinski definition) is 2. The fraction of sp³-hybridized carbons (Fsp3) is 0.381. The summed E-state index contributed by atoms with van der Waals surface area (Å²) in [6.45, 7) is 3.67. The molecule has 2 saturated heterocycles. The Labute approximate surface area is 164 Å². The number of piperazine rings is 1. The highest BCUT2D eigenvalue weighted by molar-refractivity contribution is 5.94. The Bertz CT molecular complexity index is 806. The molecule has 2 N–H and O–H groups in total. The van der Waals surface area contributed by atoms with Crippen LogP contribution >= 0.6 is 0 Å². The molecule has 146 valence electrons. The second-order valence-electron chi connectivity index (χ2n) is 7.25. The monoisotopic (exact) mass is 379 g/mol. The first-order chi connectivity index (χ1) is 13.7.